The molecule has 2 aliphatic rings. The molecule has 2 aliphatic carbocycles. The van der Waals surface area contributed by atoms with Crippen molar-refractivity contribution in [3.63, 3.8) is 0 Å². The molecule has 1 fully saturated rings. The molecule has 1 heterocycles. The molecule has 0 spiro atoms. The van der Waals surface area contributed by atoms with Crippen molar-refractivity contribution in [2.24, 2.45) is 0 Å². The van der Waals surface area contributed by atoms with Crippen LogP contribution in [0.3, 0.4) is 0 Å². The molecule has 3 nitrogen and oxygen atoms in total. The van der Waals surface area contributed by atoms with Crippen LogP contribution in [0, 0.1) is 0 Å². The van der Waals surface area contributed by atoms with E-state index in [0.717, 1.165) is 19.3 Å². The number of thiophene rings is 1. The third-order valence-corrected chi connectivity index (χ3v) is 5.72. The molecule has 3 rings (SSSR count). The van der Waals surface area contributed by atoms with Gasteiger partial charge in [-0.15, -0.1) is 11.3 Å². The Morgan fingerprint density at radius 2 is 2.09 bits per heavy atom. The Bertz CT molecular complexity index is 570. The monoisotopic (exact) mass is 317 g/mol. The fraction of sp³-hybridized carbons (Fsp3) is 0.500. The highest BCUT2D eigenvalue weighted by Gasteiger charge is 2.44. The van der Waals surface area contributed by atoms with Crippen LogP contribution in [0.4, 0.5) is 0 Å². The summed E-state index contributed by atoms with van der Waals surface area (Å²) >= 11 is 1.77. The lowest BCUT2D eigenvalue weighted by molar-refractivity contribution is -0.143. The second-order valence-electron chi connectivity index (χ2n) is 6.49. The van der Waals surface area contributed by atoms with Gasteiger partial charge in [0.25, 0.3) is 0 Å². The van der Waals surface area contributed by atoms with Crippen molar-refractivity contribution in [2.45, 2.75) is 56.0 Å². The van der Waals surface area contributed by atoms with Gasteiger partial charge in [-0.2, -0.15) is 0 Å². The minimum atomic E-state index is -0.955. The summed E-state index contributed by atoms with van der Waals surface area (Å²) in [6, 6.07) is 4.24. The Hall–Kier alpha value is -1.39. The van der Waals surface area contributed by atoms with Gasteiger partial charge in [0.15, 0.2) is 0 Å². The second kappa shape index (κ2) is 6.39. The van der Waals surface area contributed by atoms with Gasteiger partial charge in [-0.1, -0.05) is 49.6 Å². The first-order valence-electron chi connectivity index (χ1n) is 8.04. The number of allylic oxidation sites excluding steroid dienone is 2. The zero-order valence-corrected chi connectivity index (χ0v) is 13.6. The summed E-state index contributed by atoms with van der Waals surface area (Å²) in [7, 11) is 0. The van der Waals surface area contributed by atoms with Crippen LogP contribution >= 0.6 is 11.3 Å². The zero-order valence-electron chi connectivity index (χ0n) is 12.8. The largest absolute Gasteiger partial charge is 0.480 e. The van der Waals surface area contributed by atoms with E-state index in [1.54, 1.807) is 11.3 Å². The Morgan fingerprint density at radius 1 is 1.27 bits per heavy atom. The predicted molar refractivity (Wildman–Crippen MR) is 90.2 cm³/mol. The molecule has 0 radical (unpaired) electrons. The molecule has 22 heavy (non-hydrogen) atoms. The number of rotatable bonds is 5. The normalized spacial score (nSPS) is 26.9. The molecule has 4 heteroatoms. The van der Waals surface area contributed by atoms with E-state index in [2.05, 4.69) is 22.8 Å². The molecule has 118 valence electrons. The Kier molecular flexibility index (Phi) is 4.50. The molecule has 1 aromatic heterocycles. The summed E-state index contributed by atoms with van der Waals surface area (Å²) in [6.45, 7) is 0. The van der Waals surface area contributed by atoms with Crippen LogP contribution in [0.5, 0.6) is 0 Å². The Balaban J connectivity index is 1.87. The van der Waals surface area contributed by atoms with Gasteiger partial charge in [-0.05, 0) is 37.1 Å². The average Bonchev–Trinajstić information content (AvgIpc) is 3.01. The summed E-state index contributed by atoms with van der Waals surface area (Å²) in [5.74, 6) is -0.774. The molecule has 0 saturated heterocycles. The van der Waals surface area contributed by atoms with E-state index in [-0.39, 0.29) is 5.54 Å². The number of hydrogen-bond donors (Lipinski definition) is 2. The number of carboxylic acid groups (broad SMARTS) is 1. The van der Waals surface area contributed by atoms with Crippen molar-refractivity contribution in [1.82, 2.24) is 5.32 Å². The van der Waals surface area contributed by atoms with Gasteiger partial charge >= 0.3 is 5.97 Å². The highest BCUT2D eigenvalue weighted by molar-refractivity contribution is 7.09. The molecular weight excluding hydrogens is 294 g/mol. The van der Waals surface area contributed by atoms with E-state index in [0.29, 0.717) is 6.42 Å². The second-order valence-corrected chi connectivity index (χ2v) is 7.52. The van der Waals surface area contributed by atoms with E-state index in [1.165, 1.54) is 24.1 Å². The van der Waals surface area contributed by atoms with Crippen molar-refractivity contribution in [2.75, 3.05) is 0 Å². The van der Waals surface area contributed by atoms with Crippen LogP contribution < -0.4 is 5.32 Å². The third kappa shape index (κ3) is 3.18. The van der Waals surface area contributed by atoms with Gasteiger partial charge in [-0.3, -0.25) is 5.32 Å². The lowest BCUT2D eigenvalue weighted by atomic mass is 9.76. The molecule has 0 aliphatic heterocycles. The van der Waals surface area contributed by atoms with Crippen LogP contribution in [-0.2, 0) is 11.2 Å². The minimum Gasteiger partial charge on any atom is -0.480 e. The van der Waals surface area contributed by atoms with Crippen molar-refractivity contribution < 1.29 is 9.90 Å². The Morgan fingerprint density at radius 3 is 2.68 bits per heavy atom. The van der Waals surface area contributed by atoms with Gasteiger partial charge in [0.1, 0.15) is 5.54 Å². The van der Waals surface area contributed by atoms with E-state index in [4.69, 9.17) is 0 Å². The van der Waals surface area contributed by atoms with Crippen LogP contribution in [0.1, 0.15) is 43.4 Å². The zero-order chi connectivity index (χ0) is 15.5. The quantitative estimate of drug-likeness (QED) is 0.865. The molecular formula is C18H23NO2S. The van der Waals surface area contributed by atoms with E-state index >= 15 is 0 Å². The fourth-order valence-electron chi connectivity index (χ4n) is 3.72. The van der Waals surface area contributed by atoms with Gasteiger partial charge in [0.2, 0.25) is 0 Å². The van der Waals surface area contributed by atoms with Crippen molar-refractivity contribution >= 4 is 17.3 Å². The van der Waals surface area contributed by atoms with E-state index in [1.807, 2.05) is 24.3 Å². The lowest BCUT2D eigenvalue weighted by Gasteiger charge is -2.44. The molecule has 1 unspecified atom stereocenters. The third-order valence-electron chi connectivity index (χ3n) is 4.84. The first kappa shape index (κ1) is 15.5. The Labute approximate surface area is 135 Å². The molecule has 1 saturated carbocycles. The van der Waals surface area contributed by atoms with Gasteiger partial charge in [0, 0.05) is 10.4 Å². The predicted octanol–water partition coefficient (Wildman–Crippen LogP) is 3.92. The first-order chi connectivity index (χ1) is 10.6. The van der Waals surface area contributed by atoms with Crippen LogP contribution in [-0.4, -0.2) is 22.2 Å². The molecule has 0 aromatic carbocycles. The van der Waals surface area contributed by atoms with Crippen molar-refractivity contribution in [1.29, 1.82) is 0 Å². The number of hydrogen-bond acceptors (Lipinski definition) is 3. The summed E-state index contributed by atoms with van der Waals surface area (Å²) in [6.07, 6.45) is 14.7. The highest BCUT2D eigenvalue weighted by Crippen LogP contribution is 2.36. The van der Waals surface area contributed by atoms with Crippen molar-refractivity contribution in [3.8, 4) is 0 Å². The molecule has 0 bridgehead atoms. The molecule has 1 aromatic rings. The van der Waals surface area contributed by atoms with Crippen LogP contribution in [0.2, 0.25) is 0 Å². The lowest BCUT2D eigenvalue weighted by Crippen LogP contribution is -2.62. The maximum absolute atomic E-state index is 11.9. The van der Waals surface area contributed by atoms with Crippen molar-refractivity contribution in [3.05, 3.63) is 46.7 Å². The number of carbonyl (C=O) groups is 1. The van der Waals surface area contributed by atoms with Gasteiger partial charge < -0.3 is 5.11 Å². The van der Waals surface area contributed by atoms with Gasteiger partial charge in [0.05, 0.1) is 0 Å². The minimum absolute atomic E-state index is 0.100. The topological polar surface area (TPSA) is 49.3 Å². The van der Waals surface area contributed by atoms with Gasteiger partial charge in [-0.25, -0.2) is 4.79 Å². The maximum Gasteiger partial charge on any atom is 0.328 e. The number of nitrogens with one attached hydrogen (secondary N) is 1. The molecule has 1 atom stereocenters. The summed E-state index contributed by atoms with van der Waals surface area (Å²) in [4.78, 5) is 13.3. The van der Waals surface area contributed by atoms with Crippen LogP contribution in [0.15, 0.2) is 41.8 Å². The highest BCUT2D eigenvalue weighted by atomic mass is 32.1. The smallest absolute Gasteiger partial charge is 0.328 e. The van der Waals surface area contributed by atoms with E-state index in [9.17, 15) is 9.90 Å². The standard InChI is InChI=1S/C18H23NO2S/c20-16(21)18(11-5-2-6-12-18)19-17(9-3-1-4-10-17)14-15-8-7-13-22-15/h2,5-8,11,13,19H,1,3-4,9-10,12,14H2,(H,20,21). The fourth-order valence-corrected chi connectivity index (χ4v) is 4.57. The number of aliphatic carboxylic acids is 1. The summed E-state index contributed by atoms with van der Waals surface area (Å²) in [5.41, 5.74) is -1.06. The maximum atomic E-state index is 11.9. The summed E-state index contributed by atoms with van der Waals surface area (Å²) in [5, 5.41) is 15.5. The SMILES string of the molecule is O=C(O)C1(NC2(Cc3cccs3)CCCCC2)C=CC=CC1. The molecule has 0 amide bonds. The first-order valence-corrected chi connectivity index (χ1v) is 8.92. The summed E-state index contributed by atoms with van der Waals surface area (Å²) < 4.78 is 0. The van der Waals surface area contributed by atoms with Crippen LogP contribution in [0.25, 0.3) is 0 Å². The average molecular weight is 317 g/mol. The van der Waals surface area contributed by atoms with E-state index < -0.39 is 11.5 Å². The number of carboxylic acids is 1. The molecule has 2 N–H and O–H groups in total.